The van der Waals surface area contributed by atoms with Crippen LogP contribution < -0.4 is 10.6 Å². The van der Waals surface area contributed by atoms with Crippen molar-refractivity contribution in [2.75, 3.05) is 13.1 Å². The zero-order chi connectivity index (χ0) is 18.0. The van der Waals surface area contributed by atoms with Crippen LogP contribution in [0, 0.1) is 17.6 Å². The summed E-state index contributed by atoms with van der Waals surface area (Å²) in [6, 6.07) is 2.51. The van der Waals surface area contributed by atoms with Crippen molar-refractivity contribution in [1.29, 1.82) is 0 Å². The van der Waals surface area contributed by atoms with Crippen LogP contribution in [0.2, 0.25) is 0 Å². The summed E-state index contributed by atoms with van der Waals surface area (Å²) in [6.45, 7) is 0.860. The Labute approximate surface area is 145 Å². The zero-order valence-corrected chi connectivity index (χ0v) is 13.6. The van der Waals surface area contributed by atoms with Gasteiger partial charge in [0, 0.05) is 24.2 Å². The molecule has 1 aliphatic rings. The highest BCUT2D eigenvalue weighted by Crippen LogP contribution is 2.26. The number of carboxylic acid groups (broad SMARTS) is 1. The number of carbonyl (C=O) groups is 2. The fourth-order valence-electron chi connectivity index (χ4n) is 2.61. The second-order valence-corrected chi connectivity index (χ2v) is 6.53. The fraction of sp³-hybridized carbons (Fsp3) is 0.333. The molecule has 1 fully saturated rings. The number of aliphatic carboxylic acids is 1. The number of hydrogen-bond acceptors (Lipinski definition) is 6. The molecular formula is C15H14F2N4O3S. The fourth-order valence-corrected chi connectivity index (χ4v) is 3.38. The van der Waals surface area contributed by atoms with Gasteiger partial charge in [-0.25, -0.2) is 8.78 Å². The van der Waals surface area contributed by atoms with Crippen molar-refractivity contribution >= 4 is 23.2 Å². The Morgan fingerprint density at radius 3 is 2.84 bits per heavy atom. The van der Waals surface area contributed by atoms with E-state index in [9.17, 15) is 23.5 Å². The van der Waals surface area contributed by atoms with E-state index in [1.165, 1.54) is 6.07 Å². The summed E-state index contributed by atoms with van der Waals surface area (Å²) in [5.41, 5.74) is 0.0447. The van der Waals surface area contributed by atoms with Gasteiger partial charge in [0.2, 0.25) is 5.01 Å². The van der Waals surface area contributed by atoms with Gasteiger partial charge >= 0.3 is 5.97 Å². The van der Waals surface area contributed by atoms with Gasteiger partial charge in [-0.3, -0.25) is 9.59 Å². The Balaban J connectivity index is 1.75. The molecule has 1 aromatic carbocycles. The Morgan fingerprint density at radius 1 is 1.32 bits per heavy atom. The van der Waals surface area contributed by atoms with Crippen molar-refractivity contribution in [2.45, 2.75) is 12.5 Å². The molecule has 132 valence electrons. The first-order valence-corrected chi connectivity index (χ1v) is 8.30. The van der Waals surface area contributed by atoms with E-state index in [2.05, 4.69) is 20.8 Å². The molecule has 0 saturated carbocycles. The molecule has 0 unspecified atom stereocenters. The summed E-state index contributed by atoms with van der Waals surface area (Å²) in [5.74, 6) is -3.81. The molecule has 1 amide bonds. The van der Waals surface area contributed by atoms with Crippen molar-refractivity contribution in [3.05, 3.63) is 34.8 Å². The first kappa shape index (κ1) is 17.4. The molecule has 2 aromatic rings. The van der Waals surface area contributed by atoms with Crippen molar-refractivity contribution in [1.82, 2.24) is 20.8 Å². The number of piperidine rings is 1. The largest absolute Gasteiger partial charge is 0.481 e. The van der Waals surface area contributed by atoms with E-state index >= 15 is 0 Å². The highest BCUT2D eigenvalue weighted by molar-refractivity contribution is 7.16. The molecule has 0 radical (unpaired) electrons. The third kappa shape index (κ3) is 3.80. The Bertz CT molecular complexity index is 814. The number of aromatic nitrogens is 2. The lowest BCUT2D eigenvalue weighted by Crippen LogP contribution is -2.52. The lowest BCUT2D eigenvalue weighted by atomic mass is 9.93. The molecule has 0 bridgehead atoms. The van der Waals surface area contributed by atoms with Crippen LogP contribution >= 0.6 is 11.3 Å². The summed E-state index contributed by atoms with van der Waals surface area (Å²) in [4.78, 5) is 23.5. The third-order valence-electron chi connectivity index (χ3n) is 3.90. The van der Waals surface area contributed by atoms with Gasteiger partial charge in [-0.15, -0.1) is 10.2 Å². The molecule has 3 rings (SSSR count). The minimum atomic E-state index is -0.996. The number of nitrogens with one attached hydrogen (secondary N) is 2. The van der Waals surface area contributed by atoms with E-state index in [-0.39, 0.29) is 22.1 Å². The minimum Gasteiger partial charge on any atom is -0.481 e. The monoisotopic (exact) mass is 368 g/mol. The van der Waals surface area contributed by atoms with Gasteiger partial charge in [0.05, 0.1) is 5.92 Å². The van der Waals surface area contributed by atoms with E-state index in [1.54, 1.807) is 0 Å². The van der Waals surface area contributed by atoms with Crippen LogP contribution in [0.1, 0.15) is 16.2 Å². The van der Waals surface area contributed by atoms with Gasteiger partial charge in [-0.2, -0.15) is 0 Å². The van der Waals surface area contributed by atoms with Crippen LogP contribution in [0.25, 0.3) is 10.6 Å². The Hall–Kier alpha value is -2.46. The predicted octanol–water partition coefficient (Wildman–Crippen LogP) is 1.28. The van der Waals surface area contributed by atoms with Gasteiger partial charge in [-0.05, 0) is 25.1 Å². The summed E-state index contributed by atoms with van der Waals surface area (Å²) in [6.07, 6.45) is 0.473. The van der Waals surface area contributed by atoms with Crippen LogP contribution in [0.3, 0.4) is 0 Å². The number of amides is 1. The van der Waals surface area contributed by atoms with Crippen LogP contribution in [0.15, 0.2) is 18.2 Å². The number of rotatable bonds is 4. The minimum absolute atomic E-state index is 0.0126. The van der Waals surface area contributed by atoms with Gasteiger partial charge < -0.3 is 15.7 Å². The lowest BCUT2D eigenvalue weighted by Gasteiger charge is -2.29. The van der Waals surface area contributed by atoms with Gasteiger partial charge in [-0.1, -0.05) is 11.3 Å². The predicted molar refractivity (Wildman–Crippen MR) is 85.1 cm³/mol. The third-order valence-corrected chi connectivity index (χ3v) is 4.85. The summed E-state index contributed by atoms with van der Waals surface area (Å²) in [7, 11) is 0. The topological polar surface area (TPSA) is 104 Å². The van der Waals surface area contributed by atoms with Crippen LogP contribution in [0.4, 0.5) is 8.78 Å². The molecule has 0 aliphatic carbocycles. The molecule has 2 atom stereocenters. The van der Waals surface area contributed by atoms with E-state index in [1.807, 2.05) is 0 Å². The SMILES string of the molecule is O=C(N[C@H]1CCNC[C@@H]1C(=O)O)c1nnc(-c2ccc(F)cc2F)s1. The zero-order valence-electron chi connectivity index (χ0n) is 12.8. The normalized spacial score (nSPS) is 20.2. The quantitative estimate of drug-likeness (QED) is 0.751. The van der Waals surface area contributed by atoms with Crippen LogP contribution in [0.5, 0.6) is 0 Å². The van der Waals surface area contributed by atoms with E-state index in [0.717, 1.165) is 23.5 Å². The molecule has 1 saturated heterocycles. The number of nitrogens with zero attached hydrogens (tertiary/aromatic N) is 2. The highest BCUT2D eigenvalue weighted by Gasteiger charge is 2.32. The smallest absolute Gasteiger partial charge is 0.309 e. The summed E-state index contributed by atoms with van der Waals surface area (Å²) >= 11 is 0.853. The van der Waals surface area contributed by atoms with Crippen molar-refractivity contribution in [3.8, 4) is 10.6 Å². The summed E-state index contributed by atoms with van der Waals surface area (Å²) in [5, 5.41) is 22.4. The Kier molecular flexibility index (Phi) is 5.00. The second-order valence-electron chi connectivity index (χ2n) is 5.55. The first-order valence-electron chi connectivity index (χ1n) is 7.49. The number of hydrogen-bond donors (Lipinski definition) is 3. The van der Waals surface area contributed by atoms with Gasteiger partial charge in [0.25, 0.3) is 5.91 Å². The molecule has 2 heterocycles. The molecule has 1 aromatic heterocycles. The number of benzene rings is 1. The average Bonchev–Trinajstić information content (AvgIpc) is 3.05. The van der Waals surface area contributed by atoms with Gasteiger partial charge in [0.15, 0.2) is 5.01 Å². The first-order chi connectivity index (χ1) is 12.0. The summed E-state index contributed by atoms with van der Waals surface area (Å²) < 4.78 is 26.8. The molecule has 25 heavy (non-hydrogen) atoms. The van der Waals surface area contributed by atoms with Crippen molar-refractivity contribution < 1.29 is 23.5 Å². The molecule has 10 heteroatoms. The average molecular weight is 368 g/mol. The molecule has 7 nitrogen and oxygen atoms in total. The molecule has 0 spiro atoms. The van der Waals surface area contributed by atoms with E-state index in [0.29, 0.717) is 13.0 Å². The Morgan fingerprint density at radius 2 is 2.12 bits per heavy atom. The van der Waals surface area contributed by atoms with E-state index < -0.39 is 35.5 Å². The van der Waals surface area contributed by atoms with Crippen molar-refractivity contribution in [2.24, 2.45) is 5.92 Å². The molecule has 3 N–H and O–H groups in total. The molecule has 1 aliphatic heterocycles. The lowest BCUT2D eigenvalue weighted by molar-refractivity contribution is -0.143. The maximum absolute atomic E-state index is 13.8. The maximum Gasteiger partial charge on any atom is 0.309 e. The highest BCUT2D eigenvalue weighted by atomic mass is 32.1. The molecular weight excluding hydrogens is 354 g/mol. The van der Waals surface area contributed by atoms with Gasteiger partial charge in [0.1, 0.15) is 11.6 Å². The van der Waals surface area contributed by atoms with E-state index in [4.69, 9.17) is 0 Å². The standard InChI is InChI=1S/C15H14F2N4O3S/c16-7-1-2-8(10(17)5-7)13-20-21-14(25-13)12(22)19-11-3-4-18-6-9(11)15(23)24/h1-2,5,9,11,18H,3-4,6H2,(H,19,22)(H,23,24)/t9-,11-/m0/s1. The van der Waals surface area contributed by atoms with Crippen molar-refractivity contribution in [3.63, 3.8) is 0 Å². The van der Waals surface area contributed by atoms with Crippen LogP contribution in [-0.2, 0) is 4.79 Å². The van der Waals surface area contributed by atoms with Crippen LogP contribution in [-0.4, -0.2) is 46.3 Å². The second kappa shape index (κ2) is 7.19. The number of carboxylic acids is 1. The number of carbonyl (C=O) groups excluding carboxylic acids is 1. The maximum atomic E-state index is 13.8. The number of halogens is 2.